The summed E-state index contributed by atoms with van der Waals surface area (Å²) in [7, 11) is 0. The highest BCUT2D eigenvalue weighted by Gasteiger charge is 2.31. The van der Waals surface area contributed by atoms with Gasteiger partial charge in [0.05, 0.1) is 11.1 Å². The number of rotatable bonds is 1. The SMILES string of the molecule is Nc1nc(C2CC2)nc2cc(C(F)(F)F)ccc12. The van der Waals surface area contributed by atoms with Crippen molar-refractivity contribution in [1.82, 2.24) is 9.97 Å². The number of benzene rings is 1. The molecule has 0 radical (unpaired) electrons. The van der Waals surface area contributed by atoms with Gasteiger partial charge in [-0.2, -0.15) is 13.2 Å². The van der Waals surface area contributed by atoms with Gasteiger partial charge in [-0.1, -0.05) is 0 Å². The van der Waals surface area contributed by atoms with E-state index in [1.165, 1.54) is 6.07 Å². The van der Waals surface area contributed by atoms with Gasteiger partial charge in [-0.3, -0.25) is 0 Å². The van der Waals surface area contributed by atoms with Gasteiger partial charge in [0.1, 0.15) is 11.6 Å². The first-order chi connectivity index (χ1) is 8.45. The summed E-state index contributed by atoms with van der Waals surface area (Å²) < 4.78 is 37.8. The molecule has 0 amide bonds. The Hall–Kier alpha value is -1.85. The Morgan fingerprint density at radius 3 is 2.50 bits per heavy atom. The maximum atomic E-state index is 12.6. The first-order valence-corrected chi connectivity index (χ1v) is 5.59. The molecule has 6 heteroatoms. The molecule has 0 bridgehead atoms. The number of aromatic nitrogens is 2. The quantitative estimate of drug-likeness (QED) is 0.849. The van der Waals surface area contributed by atoms with Gasteiger partial charge in [-0.05, 0) is 31.0 Å². The van der Waals surface area contributed by atoms with E-state index in [1.807, 2.05) is 0 Å². The fourth-order valence-electron chi connectivity index (χ4n) is 1.87. The van der Waals surface area contributed by atoms with Crippen LogP contribution >= 0.6 is 0 Å². The summed E-state index contributed by atoms with van der Waals surface area (Å²) in [5.74, 6) is 1.06. The van der Waals surface area contributed by atoms with Crippen LogP contribution < -0.4 is 5.73 Å². The first kappa shape index (κ1) is 11.3. The Morgan fingerprint density at radius 2 is 1.89 bits per heavy atom. The summed E-state index contributed by atoms with van der Waals surface area (Å²) in [5.41, 5.74) is 5.30. The van der Waals surface area contributed by atoms with E-state index in [4.69, 9.17) is 5.73 Å². The molecule has 1 heterocycles. The van der Waals surface area contributed by atoms with Crippen LogP contribution in [-0.4, -0.2) is 9.97 Å². The number of nitrogen functional groups attached to an aromatic ring is 1. The molecule has 0 aliphatic heterocycles. The van der Waals surface area contributed by atoms with E-state index in [-0.39, 0.29) is 17.3 Å². The Balaban J connectivity index is 2.19. The van der Waals surface area contributed by atoms with Crippen LogP contribution in [0.1, 0.15) is 30.1 Å². The largest absolute Gasteiger partial charge is 0.416 e. The summed E-state index contributed by atoms with van der Waals surface area (Å²) in [5, 5.41) is 0.465. The van der Waals surface area contributed by atoms with Crippen molar-refractivity contribution in [2.75, 3.05) is 5.73 Å². The van der Waals surface area contributed by atoms with E-state index in [2.05, 4.69) is 9.97 Å². The third kappa shape index (κ3) is 1.87. The highest BCUT2D eigenvalue weighted by molar-refractivity contribution is 5.88. The van der Waals surface area contributed by atoms with Crippen LogP contribution in [0.25, 0.3) is 10.9 Å². The number of fused-ring (bicyclic) bond motifs is 1. The van der Waals surface area contributed by atoms with Gasteiger partial charge >= 0.3 is 6.18 Å². The predicted molar refractivity (Wildman–Crippen MR) is 60.9 cm³/mol. The maximum absolute atomic E-state index is 12.6. The van der Waals surface area contributed by atoms with Crippen LogP contribution in [0.3, 0.4) is 0 Å². The second-order valence-corrected chi connectivity index (χ2v) is 4.47. The van der Waals surface area contributed by atoms with E-state index >= 15 is 0 Å². The van der Waals surface area contributed by atoms with Gasteiger partial charge in [0.2, 0.25) is 0 Å². The van der Waals surface area contributed by atoms with Gasteiger partial charge in [-0.15, -0.1) is 0 Å². The fourth-order valence-corrected chi connectivity index (χ4v) is 1.87. The lowest BCUT2D eigenvalue weighted by atomic mass is 10.1. The van der Waals surface area contributed by atoms with Crippen LogP contribution in [0, 0.1) is 0 Å². The average Bonchev–Trinajstić information content (AvgIpc) is 3.10. The fraction of sp³-hybridized carbons (Fsp3) is 0.333. The van der Waals surface area contributed by atoms with Gasteiger partial charge < -0.3 is 5.73 Å². The maximum Gasteiger partial charge on any atom is 0.416 e. The molecule has 1 aromatic carbocycles. The molecule has 1 saturated carbocycles. The highest BCUT2D eigenvalue weighted by Crippen LogP contribution is 2.39. The van der Waals surface area contributed by atoms with Crippen molar-refractivity contribution < 1.29 is 13.2 Å². The van der Waals surface area contributed by atoms with Crippen LogP contribution in [-0.2, 0) is 6.18 Å². The van der Waals surface area contributed by atoms with Gasteiger partial charge in [0, 0.05) is 11.3 Å². The lowest BCUT2D eigenvalue weighted by molar-refractivity contribution is -0.137. The highest BCUT2D eigenvalue weighted by atomic mass is 19.4. The molecule has 18 heavy (non-hydrogen) atoms. The summed E-state index contributed by atoms with van der Waals surface area (Å²) in [4.78, 5) is 8.32. The number of alkyl halides is 3. The minimum absolute atomic E-state index is 0.246. The Bertz CT molecular complexity index is 618. The molecule has 0 saturated heterocycles. The third-order valence-electron chi connectivity index (χ3n) is 3.01. The van der Waals surface area contributed by atoms with Gasteiger partial charge in [0.15, 0.2) is 0 Å². The number of nitrogens with two attached hydrogens (primary N) is 1. The molecule has 3 nitrogen and oxygen atoms in total. The van der Waals surface area contributed by atoms with Crippen LogP contribution in [0.5, 0.6) is 0 Å². The molecule has 1 fully saturated rings. The van der Waals surface area contributed by atoms with E-state index in [0.29, 0.717) is 11.2 Å². The van der Waals surface area contributed by atoms with E-state index in [1.54, 1.807) is 0 Å². The van der Waals surface area contributed by atoms with E-state index in [9.17, 15) is 13.2 Å². The Morgan fingerprint density at radius 1 is 1.17 bits per heavy atom. The van der Waals surface area contributed by atoms with Crippen molar-refractivity contribution in [1.29, 1.82) is 0 Å². The van der Waals surface area contributed by atoms with Crippen molar-refractivity contribution in [2.45, 2.75) is 24.9 Å². The number of nitrogens with zero attached hydrogens (tertiary/aromatic N) is 2. The van der Waals surface area contributed by atoms with Crippen molar-refractivity contribution >= 4 is 16.7 Å². The van der Waals surface area contributed by atoms with Crippen LogP contribution in [0.15, 0.2) is 18.2 Å². The lowest BCUT2D eigenvalue weighted by Gasteiger charge is -2.09. The normalized spacial score (nSPS) is 16.2. The smallest absolute Gasteiger partial charge is 0.383 e. The van der Waals surface area contributed by atoms with Crippen LogP contribution in [0.4, 0.5) is 19.0 Å². The number of hydrogen-bond donors (Lipinski definition) is 1. The number of anilines is 1. The molecule has 1 aromatic heterocycles. The lowest BCUT2D eigenvalue weighted by Crippen LogP contribution is -2.06. The van der Waals surface area contributed by atoms with Crippen molar-refractivity contribution in [3.63, 3.8) is 0 Å². The Labute approximate surface area is 101 Å². The zero-order chi connectivity index (χ0) is 12.9. The van der Waals surface area contributed by atoms with Crippen LogP contribution in [0.2, 0.25) is 0 Å². The number of hydrogen-bond acceptors (Lipinski definition) is 3. The first-order valence-electron chi connectivity index (χ1n) is 5.59. The molecular formula is C12H10F3N3. The summed E-state index contributed by atoms with van der Waals surface area (Å²) >= 11 is 0. The summed E-state index contributed by atoms with van der Waals surface area (Å²) in [6.07, 6.45) is -2.42. The second-order valence-electron chi connectivity index (χ2n) is 4.47. The molecule has 3 rings (SSSR count). The molecule has 1 aliphatic rings. The zero-order valence-electron chi connectivity index (χ0n) is 9.33. The summed E-state index contributed by atoms with van der Waals surface area (Å²) in [6.45, 7) is 0. The molecule has 0 spiro atoms. The second kappa shape index (κ2) is 3.57. The van der Waals surface area contributed by atoms with E-state index < -0.39 is 11.7 Å². The molecule has 2 N–H and O–H groups in total. The van der Waals surface area contributed by atoms with Crippen molar-refractivity contribution in [3.8, 4) is 0 Å². The topological polar surface area (TPSA) is 51.8 Å². The predicted octanol–water partition coefficient (Wildman–Crippen LogP) is 3.11. The minimum Gasteiger partial charge on any atom is -0.383 e. The standard InChI is InChI=1S/C12H10F3N3/c13-12(14,15)7-3-4-8-9(5-7)17-11(6-1-2-6)18-10(8)16/h3-6H,1-2H2,(H2,16,17,18). The Kier molecular flexibility index (Phi) is 2.23. The molecule has 94 valence electrons. The third-order valence-corrected chi connectivity index (χ3v) is 3.01. The molecular weight excluding hydrogens is 243 g/mol. The monoisotopic (exact) mass is 253 g/mol. The molecule has 2 aromatic rings. The van der Waals surface area contributed by atoms with Gasteiger partial charge in [0.25, 0.3) is 0 Å². The van der Waals surface area contributed by atoms with E-state index in [0.717, 1.165) is 25.0 Å². The number of halogens is 3. The van der Waals surface area contributed by atoms with Gasteiger partial charge in [-0.25, -0.2) is 9.97 Å². The zero-order valence-corrected chi connectivity index (χ0v) is 9.33. The molecule has 0 unspecified atom stereocenters. The van der Waals surface area contributed by atoms with Crippen molar-refractivity contribution in [2.24, 2.45) is 0 Å². The minimum atomic E-state index is -4.37. The van der Waals surface area contributed by atoms with Crippen molar-refractivity contribution in [3.05, 3.63) is 29.6 Å². The average molecular weight is 253 g/mol. The molecule has 1 aliphatic carbocycles. The summed E-state index contributed by atoms with van der Waals surface area (Å²) in [6, 6.07) is 3.35. The molecule has 0 atom stereocenters.